The minimum atomic E-state index is -1.17. The number of carboxylic acids is 1. The van der Waals surface area contributed by atoms with Crippen molar-refractivity contribution in [1.82, 2.24) is 4.57 Å². The summed E-state index contributed by atoms with van der Waals surface area (Å²) < 4.78 is 1.81. The summed E-state index contributed by atoms with van der Waals surface area (Å²) in [6, 6.07) is 0. The molecule has 0 fully saturated rings. The van der Waals surface area contributed by atoms with E-state index in [-0.39, 0.29) is 11.0 Å². The highest BCUT2D eigenvalue weighted by Crippen LogP contribution is 2.28. The average molecular weight is 273 g/mol. The summed E-state index contributed by atoms with van der Waals surface area (Å²) in [6.45, 7) is 9.53. The molecule has 0 spiro atoms. The lowest BCUT2D eigenvalue weighted by atomic mass is 9.92. The number of hydrogen-bond acceptors (Lipinski definition) is 2. The Labute approximate surface area is 117 Å². The van der Waals surface area contributed by atoms with E-state index in [0.717, 1.165) is 27.8 Å². The van der Waals surface area contributed by atoms with Crippen molar-refractivity contribution in [2.45, 2.75) is 34.6 Å². The van der Waals surface area contributed by atoms with Crippen molar-refractivity contribution in [1.29, 1.82) is 0 Å². The number of aromatic carboxylic acids is 1. The van der Waals surface area contributed by atoms with E-state index in [1.165, 1.54) is 0 Å². The predicted molar refractivity (Wildman–Crippen MR) is 79.8 cm³/mol. The van der Waals surface area contributed by atoms with E-state index >= 15 is 0 Å². The van der Waals surface area contributed by atoms with E-state index in [2.05, 4.69) is 0 Å². The first-order valence-electron chi connectivity index (χ1n) is 6.53. The molecule has 0 radical (unpaired) electrons. The monoisotopic (exact) mass is 273 g/mol. The van der Waals surface area contributed by atoms with E-state index in [0.29, 0.717) is 11.1 Å². The standard InChI is InChI=1S/C16H19NO3/c1-7-8(2)10(4)14-12(9(7)3)15(18)13(16(19)20)11(5)17(14)6/h1-6H3,(H,19,20). The highest BCUT2D eigenvalue weighted by Gasteiger charge is 2.21. The van der Waals surface area contributed by atoms with Crippen LogP contribution < -0.4 is 5.43 Å². The summed E-state index contributed by atoms with van der Waals surface area (Å²) in [4.78, 5) is 24.0. The van der Waals surface area contributed by atoms with Gasteiger partial charge in [-0.05, 0) is 56.9 Å². The van der Waals surface area contributed by atoms with Gasteiger partial charge in [0.05, 0.1) is 10.9 Å². The van der Waals surface area contributed by atoms with Gasteiger partial charge in [-0.2, -0.15) is 0 Å². The SMILES string of the molecule is Cc1c(C)c(C)c2c(c1C)c(=O)c(C(=O)O)c(C)n2C. The molecule has 4 nitrogen and oxygen atoms in total. The molecule has 0 saturated carbocycles. The molecule has 1 aromatic heterocycles. The van der Waals surface area contributed by atoms with Crippen LogP contribution in [0.5, 0.6) is 0 Å². The fourth-order valence-corrected chi connectivity index (χ4v) is 2.87. The summed E-state index contributed by atoms with van der Waals surface area (Å²) in [6.07, 6.45) is 0. The lowest BCUT2D eigenvalue weighted by molar-refractivity contribution is 0.0694. The number of carboxylic acid groups (broad SMARTS) is 1. The van der Waals surface area contributed by atoms with E-state index in [1.807, 2.05) is 39.3 Å². The highest BCUT2D eigenvalue weighted by molar-refractivity contribution is 5.96. The molecule has 0 amide bonds. The van der Waals surface area contributed by atoms with Gasteiger partial charge in [0.1, 0.15) is 5.56 Å². The number of carbonyl (C=O) groups is 1. The van der Waals surface area contributed by atoms with Crippen molar-refractivity contribution in [3.05, 3.63) is 43.7 Å². The Morgan fingerprint density at radius 1 is 0.950 bits per heavy atom. The molecule has 0 aliphatic rings. The second kappa shape index (κ2) is 4.47. The molecular weight excluding hydrogens is 254 g/mol. The molecular formula is C16H19NO3. The zero-order valence-corrected chi connectivity index (χ0v) is 12.7. The van der Waals surface area contributed by atoms with Crippen LogP contribution in [0.25, 0.3) is 10.9 Å². The van der Waals surface area contributed by atoms with Crippen LogP contribution in [0.2, 0.25) is 0 Å². The molecule has 0 saturated heterocycles. The van der Waals surface area contributed by atoms with Gasteiger partial charge in [-0.3, -0.25) is 4.79 Å². The van der Waals surface area contributed by atoms with Crippen molar-refractivity contribution < 1.29 is 9.90 Å². The second-order valence-electron chi connectivity index (χ2n) is 5.38. The van der Waals surface area contributed by atoms with Gasteiger partial charge in [0, 0.05) is 12.7 Å². The molecule has 2 rings (SSSR count). The van der Waals surface area contributed by atoms with Crippen LogP contribution in [-0.4, -0.2) is 15.6 Å². The van der Waals surface area contributed by atoms with Crippen LogP contribution in [0.4, 0.5) is 0 Å². The minimum Gasteiger partial charge on any atom is -0.477 e. The Hall–Kier alpha value is -2.10. The van der Waals surface area contributed by atoms with Gasteiger partial charge in [-0.25, -0.2) is 4.79 Å². The summed E-state index contributed by atoms with van der Waals surface area (Å²) >= 11 is 0. The summed E-state index contributed by atoms with van der Waals surface area (Å²) in [7, 11) is 1.81. The van der Waals surface area contributed by atoms with E-state index in [9.17, 15) is 14.7 Å². The van der Waals surface area contributed by atoms with Crippen molar-refractivity contribution in [3.8, 4) is 0 Å². The fraction of sp³-hybridized carbons (Fsp3) is 0.375. The number of aryl methyl sites for hydroxylation is 3. The van der Waals surface area contributed by atoms with E-state index < -0.39 is 5.97 Å². The molecule has 1 heterocycles. The number of pyridine rings is 1. The Bertz CT molecular complexity index is 813. The van der Waals surface area contributed by atoms with Crippen LogP contribution in [0.15, 0.2) is 4.79 Å². The van der Waals surface area contributed by atoms with Crippen molar-refractivity contribution >= 4 is 16.9 Å². The summed E-state index contributed by atoms with van der Waals surface area (Å²) in [5, 5.41) is 9.83. The first-order valence-corrected chi connectivity index (χ1v) is 6.53. The maximum atomic E-state index is 12.6. The second-order valence-corrected chi connectivity index (χ2v) is 5.38. The quantitative estimate of drug-likeness (QED) is 0.869. The van der Waals surface area contributed by atoms with Crippen LogP contribution >= 0.6 is 0 Å². The molecule has 0 unspecified atom stereocenters. The largest absolute Gasteiger partial charge is 0.477 e. The Morgan fingerprint density at radius 3 is 1.95 bits per heavy atom. The molecule has 20 heavy (non-hydrogen) atoms. The van der Waals surface area contributed by atoms with Crippen LogP contribution in [0.1, 0.15) is 38.3 Å². The maximum Gasteiger partial charge on any atom is 0.341 e. The number of hydrogen-bond donors (Lipinski definition) is 1. The van der Waals surface area contributed by atoms with Gasteiger partial charge in [-0.15, -0.1) is 0 Å². The number of benzene rings is 1. The molecule has 0 bridgehead atoms. The first-order chi connectivity index (χ1) is 9.20. The van der Waals surface area contributed by atoms with Gasteiger partial charge >= 0.3 is 5.97 Å². The highest BCUT2D eigenvalue weighted by atomic mass is 16.4. The Kier molecular flexibility index (Phi) is 3.20. The predicted octanol–water partition coefficient (Wildman–Crippen LogP) is 2.78. The zero-order valence-electron chi connectivity index (χ0n) is 12.7. The molecule has 106 valence electrons. The van der Waals surface area contributed by atoms with Crippen LogP contribution in [-0.2, 0) is 7.05 Å². The van der Waals surface area contributed by atoms with Gasteiger partial charge < -0.3 is 9.67 Å². The fourth-order valence-electron chi connectivity index (χ4n) is 2.87. The molecule has 0 aliphatic heterocycles. The Morgan fingerprint density at radius 2 is 1.45 bits per heavy atom. The van der Waals surface area contributed by atoms with E-state index in [1.54, 1.807) is 6.92 Å². The first kappa shape index (κ1) is 14.3. The van der Waals surface area contributed by atoms with Crippen molar-refractivity contribution in [3.63, 3.8) is 0 Å². The molecule has 4 heteroatoms. The number of nitrogens with zero attached hydrogens (tertiary/aromatic N) is 1. The van der Waals surface area contributed by atoms with Gasteiger partial charge in [0.2, 0.25) is 5.43 Å². The van der Waals surface area contributed by atoms with Crippen molar-refractivity contribution in [2.75, 3.05) is 0 Å². The average Bonchev–Trinajstić information content (AvgIpc) is 2.37. The van der Waals surface area contributed by atoms with E-state index in [4.69, 9.17) is 0 Å². The van der Waals surface area contributed by atoms with Crippen LogP contribution in [0, 0.1) is 34.6 Å². The smallest absolute Gasteiger partial charge is 0.341 e. The van der Waals surface area contributed by atoms with Gasteiger partial charge in [0.15, 0.2) is 0 Å². The topological polar surface area (TPSA) is 59.3 Å². The Balaban J connectivity index is 3.26. The molecule has 0 aliphatic carbocycles. The maximum absolute atomic E-state index is 12.6. The number of rotatable bonds is 1. The molecule has 1 aromatic carbocycles. The third-order valence-electron chi connectivity index (χ3n) is 4.52. The van der Waals surface area contributed by atoms with Gasteiger partial charge in [-0.1, -0.05) is 0 Å². The van der Waals surface area contributed by atoms with Crippen molar-refractivity contribution in [2.24, 2.45) is 7.05 Å². The normalized spacial score (nSPS) is 11.1. The summed E-state index contributed by atoms with van der Waals surface area (Å²) in [5.41, 5.74) is 4.89. The third kappa shape index (κ3) is 1.68. The number of aromatic nitrogens is 1. The molecule has 0 atom stereocenters. The lowest BCUT2D eigenvalue weighted by Crippen LogP contribution is -2.23. The zero-order chi connectivity index (χ0) is 15.4. The molecule has 1 N–H and O–H groups in total. The molecule has 2 aromatic rings. The lowest BCUT2D eigenvalue weighted by Gasteiger charge is -2.19. The van der Waals surface area contributed by atoms with Crippen LogP contribution in [0.3, 0.4) is 0 Å². The minimum absolute atomic E-state index is 0.134. The third-order valence-corrected chi connectivity index (χ3v) is 4.52. The number of fused-ring (bicyclic) bond motifs is 1. The van der Waals surface area contributed by atoms with Gasteiger partial charge in [0.25, 0.3) is 0 Å². The summed E-state index contributed by atoms with van der Waals surface area (Å²) in [5.74, 6) is -1.17.